The van der Waals surface area contributed by atoms with Crippen molar-refractivity contribution in [2.45, 2.75) is 17.3 Å². The Morgan fingerprint density at radius 3 is 2.56 bits per heavy atom. The quantitative estimate of drug-likeness (QED) is 0.789. The maximum Gasteiger partial charge on any atom is 0.335 e. The van der Waals surface area contributed by atoms with Gasteiger partial charge in [-0.15, -0.1) is 11.8 Å². The first kappa shape index (κ1) is 17.9. The number of carbonyl (C=O) groups is 1. The summed E-state index contributed by atoms with van der Waals surface area (Å²) in [5.74, 6) is -0.144. The van der Waals surface area contributed by atoms with E-state index in [0.29, 0.717) is 25.3 Å². The van der Waals surface area contributed by atoms with Crippen LogP contribution in [0.5, 0.6) is 0 Å². The smallest absolute Gasteiger partial charge is 0.335 e. The van der Waals surface area contributed by atoms with Crippen molar-refractivity contribution in [1.82, 2.24) is 0 Å². The largest absolute Gasteiger partial charge is 0.478 e. The molecule has 0 spiro atoms. The van der Waals surface area contributed by atoms with Crippen LogP contribution in [-0.2, 0) is 15.2 Å². The van der Waals surface area contributed by atoms with E-state index in [1.165, 1.54) is 0 Å². The predicted molar refractivity (Wildman–Crippen MR) is 97.6 cm³/mol. The van der Waals surface area contributed by atoms with Gasteiger partial charge in [0.2, 0.25) is 0 Å². The van der Waals surface area contributed by atoms with Gasteiger partial charge in [0, 0.05) is 23.1 Å². The van der Waals surface area contributed by atoms with Gasteiger partial charge < -0.3 is 20.3 Å². The number of benzene rings is 2. The molecule has 0 saturated carbocycles. The number of ether oxygens (including phenoxy) is 2. The van der Waals surface area contributed by atoms with Crippen LogP contribution in [0.15, 0.2) is 48.5 Å². The van der Waals surface area contributed by atoms with Crippen LogP contribution in [-0.4, -0.2) is 30.8 Å². The van der Waals surface area contributed by atoms with Gasteiger partial charge in [-0.1, -0.05) is 30.3 Å². The zero-order valence-corrected chi connectivity index (χ0v) is 14.6. The summed E-state index contributed by atoms with van der Waals surface area (Å²) in [4.78, 5) is 10.9. The van der Waals surface area contributed by atoms with E-state index in [0.717, 1.165) is 22.4 Å². The maximum atomic E-state index is 10.9. The van der Waals surface area contributed by atoms with E-state index in [-0.39, 0.29) is 11.5 Å². The summed E-state index contributed by atoms with van der Waals surface area (Å²) in [5, 5.41) is 9.11. The Bertz CT molecular complexity index is 714. The van der Waals surface area contributed by atoms with Gasteiger partial charge in [-0.25, -0.2) is 4.79 Å². The molecule has 3 rings (SSSR count). The maximum absolute atomic E-state index is 10.9. The highest BCUT2D eigenvalue weighted by Crippen LogP contribution is 2.33. The van der Waals surface area contributed by atoms with Crippen LogP contribution < -0.4 is 5.73 Å². The normalized spacial score (nSPS) is 16.0. The molecule has 1 unspecified atom stereocenters. The molecule has 0 amide bonds. The lowest BCUT2D eigenvalue weighted by atomic mass is 10.1. The molecular formula is C19H21NO4S. The highest BCUT2D eigenvalue weighted by Gasteiger charge is 2.20. The van der Waals surface area contributed by atoms with Crippen LogP contribution in [0.25, 0.3) is 0 Å². The van der Waals surface area contributed by atoms with Crippen molar-refractivity contribution >= 4 is 17.7 Å². The van der Waals surface area contributed by atoms with Gasteiger partial charge in [-0.3, -0.25) is 0 Å². The van der Waals surface area contributed by atoms with Gasteiger partial charge >= 0.3 is 5.97 Å². The van der Waals surface area contributed by atoms with Crippen molar-refractivity contribution < 1.29 is 19.4 Å². The summed E-state index contributed by atoms with van der Waals surface area (Å²) in [6, 6.07) is 15.1. The van der Waals surface area contributed by atoms with Gasteiger partial charge in [-0.05, 0) is 29.3 Å². The molecule has 0 aromatic heterocycles. The van der Waals surface area contributed by atoms with Crippen molar-refractivity contribution in [2.75, 3.05) is 19.8 Å². The number of carboxylic acids is 1. The molecule has 0 aliphatic carbocycles. The Morgan fingerprint density at radius 2 is 1.92 bits per heavy atom. The second kappa shape index (κ2) is 8.49. The highest BCUT2D eigenvalue weighted by molar-refractivity contribution is 7.98. The summed E-state index contributed by atoms with van der Waals surface area (Å²) in [5.41, 5.74) is 9.51. The molecule has 6 heteroatoms. The molecule has 1 saturated heterocycles. The van der Waals surface area contributed by atoms with E-state index in [1.807, 2.05) is 24.3 Å². The number of hydrogen-bond acceptors (Lipinski definition) is 5. The molecular weight excluding hydrogens is 338 g/mol. The summed E-state index contributed by atoms with van der Waals surface area (Å²) in [7, 11) is 0. The van der Waals surface area contributed by atoms with Gasteiger partial charge in [-0.2, -0.15) is 0 Å². The average molecular weight is 359 g/mol. The number of rotatable bonds is 7. The van der Waals surface area contributed by atoms with Crippen LogP contribution >= 0.6 is 11.8 Å². The lowest BCUT2D eigenvalue weighted by Crippen LogP contribution is -2.10. The molecule has 3 N–H and O–H groups in total. The fourth-order valence-electron chi connectivity index (χ4n) is 2.70. The second-order valence-electron chi connectivity index (χ2n) is 5.78. The lowest BCUT2D eigenvalue weighted by Gasteiger charge is -2.17. The van der Waals surface area contributed by atoms with Crippen LogP contribution in [0.4, 0.5) is 0 Å². The third-order valence-corrected chi connectivity index (χ3v) is 5.41. The minimum Gasteiger partial charge on any atom is -0.478 e. The molecule has 0 radical (unpaired) electrons. The highest BCUT2D eigenvalue weighted by atomic mass is 32.2. The summed E-state index contributed by atoms with van der Waals surface area (Å²) in [6.45, 7) is 1.76. The minimum atomic E-state index is -0.910. The Hall–Kier alpha value is -1.86. The van der Waals surface area contributed by atoms with E-state index in [9.17, 15) is 4.79 Å². The summed E-state index contributed by atoms with van der Waals surface area (Å²) in [6.07, 6.45) is -0.285. The number of thioether (sulfide) groups is 1. The van der Waals surface area contributed by atoms with Crippen molar-refractivity contribution in [2.24, 2.45) is 5.73 Å². The molecule has 0 bridgehead atoms. The first-order valence-corrected chi connectivity index (χ1v) is 9.19. The third kappa shape index (κ3) is 4.61. The monoisotopic (exact) mass is 359 g/mol. The van der Waals surface area contributed by atoms with Crippen LogP contribution in [0.1, 0.15) is 38.6 Å². The molecule has 1 aliphatic heterocycles. The van der Waals surface area contributed by atoms with Crippen molar-refractivity contribution in [3.05, 3.63) is 70.8 Å². The van der Waals surface area contributed by atoms with Crippen LogP contribution in [0.3, 0.4) is 0 Å². The molecule has 25 heavy (non-hydrogen) atoms. The van der Waals surface area contributed by atoms with Crippen molar-refractivity contribution in [1.29, 1.82) is 0 Å². The Balaban J connectivity index is 1.65. The fraction of sp³-hybridized carbons (Fsp3) is 0.316. The molecule has 1 aliphatic rings. The number of nitrogens with two attached hydrogens (primary N) is 1. The standard InChI is InChI=1S/C19H21NO4S/c20-11-17(25-12-13-4-6-14(7-5-13)18(21)22)15-2-1-3-16(10-15)19-23-8-9-24-19/h1-7,10,17,19H,8-9,11-12,20H2,(H,21,22). The Morgan fingerprint density at radius 1 is 1.20 bits per heavy atom. The zero-order valence-electron chi connectivity index (χ0n) is 13.8. The van der Waals surface area contributed by atoms with Gasteiger partial charge in [0.25, 0.3) is 0 Å². The van der Waals surface area contributed by atoms with E-state index >= 15 is 0 Å². The number of carboxylic acid groups (broad SMARTS) is 1. The molecule has 2 aromatic carbocycles. The average Bonchev–Trinajstić information content (AvgIpc) is 3.18. The Labute approximate surface area is 151 Å². The SMILES string of the molecule is NCC(SCc1ccc(C(=O)O)cc1)c1cccc(C2OCCO2)c1. The van der Waals surface area contributed by atoms with E-state index in [4.69, 9.17) is 20.3 Å². The summed E-state index contributed by atoms with van der Waals surface area (Å²) < 4.78 is 11.1. The molecule has 1 heterocycles. The van der Waals surface area contributed by atoms with Gasteiger partial charge in [0.1, 0.15) is 0 Å². The second-order valence-corrected chi connectivity index (χ2v) is 6.97. The molecule has 5 nitrogen and oxygen atoms in total. The van der Waals surface area contributed by atoms with E-state index < -0.39 is 5.97 Å². The van der Waals surface area contributed by atoms with Crippen molar-refractivity contribution in [3.8, 4) is 0 Å². The molecule has 2 aromatic rings. The number of aromatic carboxylic acids is 1. The number of hydrogen-bond donors (Lipinski definition) is 2. The first-order chi connectivity index (χ1) is 12.2. The van der Waals surface area contributed by atoms with Crippen LogP contribution in [0.2, 0.25) is 0 Å². The van der Waals surface area contributed by atoms with Crippen LogP contribution in [0, 0.1) is 0 Å². The zero-order chi connectivity index (χ0) is 17.6. The van der Waals surface area contributed by atoms with Gasteiger partial charge in [0.05, 0.1) is 18.8 Å². The van der Waals surface area contributed by atoms with Gasteiger partial charge in [0.15, 0.2) is 6.29 Å². The minimum absolute atomic E-state index is 0.153. The Kier molecular flexibility index (Phi) is 6.09. The van der Waals surface area contributed by atoms with E-state index in [2.05, 4.69) is 12.1 Å². The molecule has 132 valence electrons. The first-order valence-electron chi connectivity index (χ1n) is 8.14. The topological polar surface area (TPSA) is 81.8 Å². The third-order valence-electron chi connectivity index (χ3n) is 4.04. The fourth-order valence-corrected chi connectivity index (χ4v) is 3.76. The molecule has 1 atom stereocenters. The predicted octanol–water partition coefficient (Wildman–Crippen LogP) is 3.36. The lowest BCUT2D eigenvalue weighted by molar-refractivity contribution is -0.0441. The molecule has 1 fully saturated rings. The summed E-state index contributed by atoms with van der Waals surface area (Å²) >= 11 is 1.74. The van der Waals surface area contributed by atoms with Crippen molar-refractivity contribution in [3.63, 3.8) is 0 Å². The van der Waals surface area contributed by atoms with E-state index in [1.54, 1.807) is 23.9 Å².